The van der Waals surface area contributed by atoms with Gasteiger partial charge in [0.2, 0.25) is 0 Å². The van der Waals surface area contributed by atoms with Crippen molar-refractivity contribution in [3.63, 3.8) is 0 Å². The van der Waals surface area contributed by atoms with Crippen molar-refractivity contribution < 1.29 is 45.8 Å². The van der Waals surface area contributed by atoms with E-state index in [1.54, 1.807) is 0 Å². The molecule has 0 fully saturated rings. The predicted octanol–water partition coefficient (Wildman–Crippen LogP) is -1.27. The van der Waals surface area contributed by atoms with Crippen LogP contribution in [-0.4, -0.2) is 113 Å². The molecule has 0 saturated carbocycles. The van der Waals surface area contributed by atoms with Crippen molar-refractivity contribution in [2.24, 2.45) is 0 Å². The molecule has 0 N–H and O–H groups in total. The predicted molar refractivity (Wildman–Crippen MR) is 17.9 cm³/mol. The van der Waals surface area contributed by atoms with Crippen LogP contribution in [0, 0.1) is 0 Å². The van der Waals surface area contributed by atoms with Gasteiger partial charge in [-0.1, -0.05) is 0 Å². The Morgan fingerprint density at radius 2 is 1.17 bits per heavy atom. The van der Waals surface area contributed by atoms with E-state index in [-0.39, 0.29) is 156 Å². The van der Waals surface area contributed by atoms with E-state index in [1.807, 2.05) is 0 Å². The first-order valence-electron chi connectivity index (χ1n) is 0.289. The van der Waals surface area contributed by atoms with E-state index in [1.165, 1.54) is 0 Å². The third kappa shape index (κ3) is 23.1. The topological polar surface area (TPSA) is 17.1 Å². The van der Waals surface area contributed by atoms with E-state index < -0.39 is 0 Å². The first-order valence-corrected chi connectivity index (χ1v) is 2.53. The minimum atomic E-state index is -0.222. The molecule has 0 aliphatic carbocycles. The van der Waals surface area contributed by atoms with Crippen molar-refractivity contribution in [3.05, 3.63) is 0 Å². The molecule has 0 atom stereocenters. The Balaban J connectivity index is -0.000000000833. The van der Waals surface area contributed by atoms with E-state index in [2.05, 4.69) is 0 Å². The fourth-order valence-electron chi connectivity index (χ4n) is 0. The first-order chi connectivity index (χ1) is 1.00. The summed E-state index contributed by atoms with van der Waals surface area (Å²) in [6, 6.07) is 0. The zero-order valence-electron chi connectivity index (χ0n) is 3.28. The first kappa shape index (κ1) is 30.6. The van der Waals surface area contributed by atoms with Gasteiger partial charge in [-0.15, -0.1) is 0 Å². The van der Waals surface area contributed by atoms with Gasteiger partial charge in [0, 0.05) is 130 Å². The Labute approximate surface area is 154 Å². The molecule has 0 aliphatic rings. The Morgan fingerprint density at radius 1 is 1.17 bits per heavy atom. The molecule has 0 unspecified atom stereocenters. The normalized spacial score (nSPS) is 1.00. The fourth-order valence-corrected chi connectivity index (χ4v) is 0. The molecule has 0 aromatic heterocycles. The van der Waals surface area contributed by atoms with Crippen LogP contribution in [-0.2, 0) is 45.8 Å². The molecule has 28 valence electrons. The summed E-state index contributed by atoms with van der Waals surface area (Å²) in [5.74, 6) is 0. The quantitative estimate of drug-likeness (QED) is 0.296. The third-order valence-electron chi connectivity index (χ3n) is 0. The molecule has 6 heavy (non-hydrogen) atoms. The molecule has 8 radical (unpaired) electrons. The molecule has 6 heteroatoms. The van der Waals surface area contributed by atoms with Gasteiger partial charge in [-0.25, -0.2) is 0 Å². The summed E-state index contributed by atoms with van der Waals surface area (Å²) in [6.07, 6.45) is 0. The van der Waals surface area contributed by atoms with E-state index in [0.29, 0.717) is 0 Å². The molecule has 0 aromatic rings. The van der Waals surface area contributed by atoms with Crippen molar-refractivity contribution in [1.29, 1.82) is 0 Å². The van der Waals surface area contributed by atoms with Crippen molar-refractivity contribution in [3.8, 4) is 0 Å². The van der Waals surface area contributed by atoms with E-state index >= 15 is 0 Å². The number of rotatable bonds is 0. The summed E-state index contributed by atoms with van der Waals surface area (Å²) < 4.78 is 8.44. The summed E-state index contributed by atoms with van der Waals surface area (Å²) in [7, 11) is 0. The summed E-state index contributed by atoms with van der Waals surface area (Å²) in [4.78, 5) is 0. The summed E-state index contributed by atoms with van der Waals surface area (Å²) >= 11 is -0.222. The van der Waals surface area contributed by atoms with E-state index in [4.69, 9.17) is 2.64 Å². The molecule has 0 aliphatic heterocycles. The van der Waals surface area contributed by atoms with Crippen LogP contribution in [0.2, 0.25) is 0 Å². The van der Waals surface area contributed by atoms with Crippen LogP contribution in [0.25, 0.3) is 0 Å². The zero-order chi connectivity index (χ0) is 2.00. The Kier molecular flexibility index (Phi) is 166. The number of hydrogen-bond acceptors (Lipinski definition) is 1. The molecule has 0 aromatic carbocycles. The van der Waals surface area contributed by atoms with E-state index in [9.17, 15) is 0 Å². The maximum absolute atomic E-state index is 8.44. The Hall–Kier alpha value is 4.97. The van der Waals surface area contributed by atoms with Crippen LogP contribution < -0.4 is 0 Å². The van der Waals surface area contributed by atoms with Gasteiger partial charge in [-0.3, -0.25) is 0 Å². The zero-order valence-corrected chi connectivity index (χ0v) is 19.8. The second-order valence-corrected chi connectivity index (χ2v) is 0. The summed E-state index contributed by atoms with van der Waals surface area (Å²) in [5.41, 5.74) is 0. The molecule has 0 rings (SSSR count). The maximum atomic E-state index is 8.44. The van der Waals surface area contributed by atoms with Crippen molar-refractivity contribution in [2.75, 3.05) is 0 Å². The molecule has 0 amide bonds. The molecule has 0 saturated heterocycles. The van der Waals surface area contributed by atoms with Crippen LogP contribution >= 0.6 is 0 Å². The molecule has 0 spiro atoms. The van der Waals surface area contributed by atoms with E-state index in [0.717, 1.165) is 0 Å². The number of hydrogen-bond donors (Lipinski definition) is 0. The van der Waals surface area contributed by atoms with Gasteiger partial charge in [0.1, 0.15) is 0 Å². The average molecular weight is 667 g/mol. The molecular weight excluding hydrogens is 667 g/mol. The fraction of sp³-hybridized carbons (Fsp3) is 0. The average Bonchev–Trinajstić information content (AvgIpc) is 1.00. The third-order valence-corrected chi connectivity index (χ3v) is 0. The van der Waals surface area contributed by atoms with Crippen LogP contribution in [0.3, 0.4) is 0 Å². The van der Waals surface area contributed by atoms with Crippen LogP contribution in [0.15, 0.2) is 0 Å². The van der Waals surface area contributed by atoms with Gasteiger partial charge in [0.05, 0.1) is 0 Å². The second kappa shape index (κ2) is 32.5. The Morgan fingerprint density at radius 3 is 1.17 bits per heavy atom. The SMILES string of the molecule is [Ba].[Bi].[Ca].[Cu].[O]=[Hg]. The van der Waals surface area contributed by atoms with Gasteiger partial charge in [0.25, 0.3) is 0 Å². The monoisotopic (exact) mass is 668 g/mol. The van der Waals surface area contributed by atoms with Gasteiger partial charge in [0.15, 0.2) is 0 Å². The standard InChI is InChI=1S/Ba.Bi.Ca.Cu.Hg.O. The van der Waals surface area contributed by atoms with Gasteiger partial charge < -0.3 is 0 Å². The van der Waals surface area contributed by atoms with Gasteiger partial charge in [-0.05, 0) is 0 Å². The van der Waals surface area contributed by atoms with Crippen molar-refractivity contribution in [2.45, 2.75) is 0 Å². The summed E-state index contributed by atoms with van der Waals surface area (Å²) in [5, 5.41) is 0. The molecular formula is BaBiCaCuHgO. The minimum absolute atomic E-state index is 0. The van der Waals surface area contributed by atoms with Crippen LogP contribution in [0.5, 0.6) is 0 Å². The van der Waals surface area contributed by atoms with Gasteiger partial charge in [-0.2, -0.15) is 0 Å². The summed E-state index contributed by atoms with van der Waals surface area (Å²) in [6.45, 7) is 0. The van der Waals surface area contributed by atoms with Crippen LogP contribution in [0.1, 0.15) is 0 Å². The van der Waals surface area contributed by atoms with Crippen molar-refractivity contribution in [1.82, 2.24) is 0 Å². The Bertz CT molecular complexity index is 15.5. The second-order valence-electron chi connectivity index (χ2n) is 0. The molecule has 0 heterocycles. The molecule has 0 bridgehead atoms. The molecule has 1 nitrogen and oxygen atoms in total. The van der Waals surface area contributed by atoms with Crippen LogP contribution in [0.4, 0.5) is 0 Å². The van der Waals surface area contributed by atoms with Gasteiger partial charge >= 0.3 is 28.8 Å². The van der Waals surface area contributed by atoms with Crippen molar-refractivity contribution >= 4 is 113 Å².